The molecular weight excluding hydrogens is 331 g/mol. The van der Waals surface area contributed by atoms with Crippen molar-refractivity contribution in [2.75, 3.05) is 0 Å². The Balaban J connectivity index is 2.20. The molecule has 3 aromatic rings. The monoisotopic (exact) mass is 344 g/mol. The SMILES string of the molecule is Cc1ccc(-c2nc3ccccc3nc2CPBr)cc1. The van der Waals surface area contributed by atoms with Crippen LogP contribution in [0.3, 0.4) is 0 Å². The van der Waals surface area contributed by atoms with Gasteiger partial charge in [0.15, 0.2) is 0 Å². The minimum Gasteiger partial charge on any atom is -0.249 e. The Kier molecular flexibility index (Phi) is 4.09. The molecule has 4 heteroatoms. The maximum Gasteiger partial charge on any atom is 0.0929 e. The molecule has 1 aromatic heterocycles. The Morgan fingerprint density at radius 3 is 2.25 bits per heavy atom. The van der Waals surface area contributed by atoms with E-state index in [2.05, 4.69) is 46.7 Å². The second-order valence-corrected chi connectivity index (χ2v) is 6.99. The molecule has 20 heavy (non-hydrogen) atoms. The van der Waals surface area contributed by atoms with Crippen molar-refractivity contribution < 1.29 is 0 Å². The molecule has 0 aliphatic rings. The van der Waals surface area contributed by atoms with Gasteiger partial charge in [0.25, 0.3) is 0 Å². The Morgan fingerprint density at radius 1 is 0.950 bits per heavy atom. The molecule has 3 rings (SSSR count). The van der Waals surface area contributed by atoms with Crippen molar-refractivity contribution in [3.63, 3.8) is 0 Å². The van der Waals surface area contributed by atoms with Gasteiger partial charge in [-0.2, -0.15) is 0 Å². The highest BCUT2D eigenvalue weighted by Crippen LogP contribution is 2.31. The largest absolute Gasteiger partial charge is 0.249 e. The van der Waals surface area contributed by atoms with Crippen LogP contribution >= 0.6 is 22.8 Å². The van der Waals surface area contributed by atoms with Crippen molar-refractivity contribution in [3.05, 3.63) is 59.8 Å². The molecule has 0 saturated carbocycles. The standard InChI is InChI=1S/C16H14BrN2P/c1-11-6-8-12(9-7-11)16-15(10-20-17)18-13-4-2-3-5-14(13)19-16/h2-9,20H,10H2,1H3. The molecule has 0 fully saturated rings. The number of aromatic nitrogens is 2. The first-order chi connectivity index (χ1) is 9.78. The van der Waals surface area contributed by atoms with Crippen LogP contribution in [0.25, 0.3) is 22.3 Å². The number of hydrogen-bond donors (Lipinski definition) is 0. The number of fused-ring (bicyclic) bond motifs is 1. The third kappa shape index (κ3) is 2.74. The van der Waals surface area contributed by atoms with Gasteiger partial charge in [0.1, 0.15) is 0 Å². The molecule has 1 heterocycles. The summed E-state index contributed by atoms with van der Waals surface area (Å²) in [6.45, 7) is 2.09. The molecule has 0 aliphatic heterocycles. The number of rotatable bonds is 3. The van der Waals surface area contributed by atoms with Crippen LogP contribution in [0.15, 0.2) is 48.5 Å². The Hall–Kier alpha value is -1.31. The van der Waals surface area contributed by atoms with Gasteiger partial charge < -0.3 is 0 Å². The van der Waals surface area contributed by atoms with E-state index in [9.17, 15) is 0 Å². The fraction of sp³-hybridized carbons (Fsp3) is 0.125. The first kappa shape index (κ1) is 13.7. The maximum atomic E-state index is 4.81. The van der Waals surface area contributed by atoms with E-state index in [-0.39, 0.29) is 0 Å². The van der Waals surface area contributed by atoms with Gasteiger partial charge in [0.05, 0.1) is 22.4 Å². The van der Waals surface area contributed by atoms with E-state index in [1.165, 1.54) is 5.56 Å². The average Bonchev–Trinajstić information content (AvgIpc) is 2.48. The van der Waals surface area contributed by atoms with Crippen LogP contribution in [-0.2, 0) is 6.16 Å². The first-order valence-corrected chi connectivity index (χ1v) is 9.90. The highest BCUT2D eigenvalue weighted by molar-refractivity contribution is 9.36. The lowest BCUT2D eigenvalue weighted by Gasteiger charge is -2.09. The van der Waals surface area contributed by atoms with Crippen LogP contribution in [0.5, 0.6) is 0 Å². The zero-order valence-electron chi connectivity index (χ0n) is 11.1. The second-order valence-electron chi connectivity index (χ2n) is 4.68. The van der Waals surface area contributed by atoms with E-state index < -0.39 is 0 Å². The number of halogens is 1. The van der Waals surface area contributed by atoms with Gasteiger partial charge in [-0.25, -0.2) is 9.97 Å². The van der Waals surface area contributed by atoms with Crippen molar-refractivity contribution >= 4 is 33.8 Å². The van der Waals surface area contributed by atoms with Crippen molar-refractivity contribution in [2.45, 2.75) is 13.1 Å². The fourth-order valence-corrected chi connectivity index (χ4v) is 3.34. The molecule has 0 saturated heterocycles. The molecule has 0 aliphatic carbocycles. The number of benzene rings is 2. The topological polar surface area (TPSA) is 25.8 Å². The minimum atomic E-state index is 0.655. The predicted molar refractivity (Wildman–Crippen MR) is 90.7 cm³/mol. The zero-order chi connectivity index (χ0) is 13.9. The Morgan fingerprint density at radius 2 is 1.60 bits per heavy atom. The number of nitrogens with zero attached hydrogens (tertiary/aromatic N) is 2. The van der Waals surface area contributed by atoms with Crippen LogP contribution < -0.4 is 0 Å². The molecule has 0 amide bonds. The van der Waals surface area contributed by atoms with Crippen LogP contribution in [0, 0.1) is 6.92 Å². The quantitative estimate of drug-likeness (QED) is 0.618. The van der Waals surface area contributed by atoms with Gasteiger partial charge in [-0.3, -0.25) is 0 Å². The van der Waals surface area contributed by atoms with Crippen LogP contribution in [0.4, 0.5) is 0 Å². The number of hydrogen-bond acceptors (Lipinski definition) is 2. The average molecular weight is 345 g/mol. The molecule has 0 bridgehead atoms. The van der Waals surface area contributed by atoms with Gasteiger partial charge in [-0.15, -0.1) is 0 Å². The van der Waals surface area contributed by atoms with Crippen LogP contribution in [-0.4, -0.2) is 9.97 Å². The van der Waals surface area contributed by atoms with Crippen molar-refractivity contribution in [2.24, 2.45) is 0 Å². The van der Waals surface area contributed by atoms with E-state index >= 15 is 0 Å². The fourth-order valence-electron chi connectivity index (χ4n) is 2.17. The third-order valence-corrected chi connectivity index (χ3v) is 4.51. The Bertz CT molecular complexity index is 741. The molecule has 1 unspecified atom stereocenters. The molecule has 0 radical (unpaired) electrons. The molecular formula is C16H14BrN2P. The normalized spacial score (nSPS) is 11.5. The predicted octanol–water partition coefficient (Wildman–Crippen LogP) is 5.09. The van der Waals surface area contributed by atoms with Gasteiger partial charge in [-0.05, 0) is 26.3 Å². The summed E-state index contributed by atoms with van der Waals surface area (Å²) in [7, 11) is 0.655. The van der Waals surface area contributed by atoms with E-state index in [1.807, 2.05) is 24.3 Å². The van der Waals surface area contributed by atoms with Gasteiger partial charge in [-0.1, -0.05) is 57.5 Å². The summed E-state index contributed by atoms with van der Waals surface area (Å²) in [6, 6.07) is 16.5. The first-order valence-electron chi connectivity index (χ1n) is 6.44. The van der Waals surface area contributed by atoms with E-state index in [1.54, 1.807) is 0 Å². The minimum absolute atomic E-state index is 0.655. The summed E-state index contributed by atoms with van der Waals surface area (Å²) in [4.78, 5) is 9.59. The summed E-state index contributed by atoms with van der Waals surface area (Å²) in [5.41, 5.74) is 6.35. The van der Waals surface area contributed by atoms with Gasteiger partial charge >= 0.3 is 0 Å². The molecule has 2 aromatic carbocycles. The van der Waals surface area contributed by atoms with E-state index in [4.69, 9.17) is 9.97 Å². The molecule has 0 spiro atoms. The maximum absolute atomic E-state index is 4.81. The third-order valence-electron chi connectivity index (χ3n) is 3.20. The van der Waals surface area contributed by atoms with Crippen LogP contribution in [0.1, 0.15) is 11.3 Å². The molecule has 0 N–H and O–H groups in total. The summed E-state index contributed by atoms with van der Waals surface area (Å²) < 4.78 is 0. The van der Waals surface area contributed by atoms with Crippen molar-refractivity contribution in [3.8, 4) is 11.3 Å². The second kappa shape index (κ2) is 5.99. The Labute approximate surface area is 128 Å². The smallest absolute Gasteiger partial charge is 0.0929 e. The number of aryl methyl sites for hydroxylation is 1. The molecule has 2 nitrogen and oxygen atoms in total. The summed E-state index contributed by atoms with van der Waals surface area (Å²) in [5.74, 6) is 0. The van der Waals surface area contributed by atoms with Gasteiger partial charge in [0.2, 0.25) is 0 Å². The lowest BCUT2D eigenvalue weighted by molar-refractivity contribution is 1.17. The molecule has 1 atom stereocenters. The van der Waals surface area contributed by atoms with Crippen molar-refractivity contribution in [1.29, 1.82) is 0 Å². The summed E-state index contributed by atoms with van der Waals surface area (Å²) in [5, 5.41) is 0. The molecule has 100 valence electrons. The van der Waals surface area contributed by atoms with Gasteiger partial charge in [0, 0.05) is 11.7 Å². The highest BCUT2D eigenvalue weighted by atomic mass is 79.9. The van der Waals surface area contributed by atoms with Crippen molar-refractivity contribution in [1.82, 2.24) is 9.97 Å². The zero-order valence-corrected chi connectivity index (χ0v) is 13.7. The van der Waals surface area contributed by atoms with Crippen LogP contribution in [0.2, 0.25) is 0 Å². The highest BCUT2D eigenvalue weighted by Gasteiger charge is 2.10. The summed E-state index contributed by atoms with van der Waals surface area (Å²) >= 11 is 3.53. The van der Waals surface area contributed by atoms with E-state index in [0.29, 0.717) is 7.28 Å². The summed E-state index contributed by atoms with van der Waals surface area (Å²) in [6.07, 6.45) is 0.904. The lowest BCUT2D eigenvalue weighted by Crippen LogP contribution is -1.97. The number of para-hydroxylation sites is 2. The lowest BCUT2D eigenvalue weighted by atomic mass is 10.1. The van der Waals surface area contributed by atoms with E-state index in [0.717, 1.165) is 34.1 Å².